The summed E-state index contributed by atoms with van der Waals surface area (Å²) in [4.78, 5) is 1.22. The fourth-order valence-corrected chi connectivity index (χ4v) is 4.23. The second kappa shape index (κ2) is 6.66. The van der Waals surface area contributed by atoms with Gasteiger partial charge in [-0.05, 0) is 48.7 Å². The topological polar surface area (TPSA) is 38.0 Å². The molecule has 0 fully saturated rings. The first-order chi connectivity index (χ1) is 13.2. The molecule has 0 amide bonds. The van der Waals surface area contributed by atoms with Crippen LogP contribution in [0.15, 0.2) is 75.3 Å². The number of benzene rings is 2. The van der Waals surface area contributed by atoms with Crippen molar-refractivity contribution in [2.75, 3.05) is 6.26 Å². The molecular weight excluding hydrogens is 380 g/mol. The summed E-state index contributed by atoms with van der Waals surface area (Å²) in [6, 6.07) is 18.1. The molecule has 0 aliphatic carbocycles. The Morgan fingerprint density at radius 2 is 2.00 bits per heavy atom. The normalized spacial score (nSPS) is 20.7. The van der Waals surface area contributed by atoms with Crippen LogP contribution in [0, 0.1) is 0 Å². The molecule has 0 saturated heterocycles. The van der Waals surface area contributed by atoms with Gasteiger partial charge in [-0.2, -0.15) is 5.10 Å². The summed E-state index contributed by atoms with van der Waals surface area (Å²) in [6.07, 6.45) is 4.22. The average molecular weight is 397 g/mol. The quantitative estimate of drug-likeness (QED) is 0.517. The summed E-state index contributed by atoms with van der Waals surface area (Å²) in [7, 11) is 0. The Kier molecular flexibility index (Phi) is 4.14. The number of ether oxygens (including phenoxy) is 1. The SMILES string of the molecule is CSc1ccc([C@@H]2Oc3ccc(Cl)cc3[C@@H]3CC(c4ccco4)=NN32)cc1. The third-order valence-electron chi connectivity index (χ3n) is 4.96. The van der Waals surface area contributed by atoms with E-state index in [4.69, 9.17) is 25.9 Å². The Balaban J connectivity index is 1.59. The van der Waals surface area contributed by atoms with E-state index in [0.29, 0.717) is 5.02 Å². The summed E-state index contributed by atoms with van der Waals surface area (Å²) >= 11 is 7.98. The zero-order valence-electron chi connectivity index (χ0n) is 14.6. The van der Waals surface area contributed by atoms with Crippen LogP contribution in [-0.4, -0.2) is 17.0 Å². The highest BCUT2D eigenvalue weighted by Gasteiger charge is 2.41. The van der Waals surface area contributed by atoms with E-state index in [0.717, 1.165) is 34.8 Å². The van der Waals surface area contributed by atoms with E-state index in [1.807, 2.05) is 35.3 Å². The Morgan fingerprint density at radius 3 is 2.74 bits per heavy atom. The molecule has 136 valence electrons. The lowest BCUT2D eigenvalue weighted by molar-refractivity contribution is -0.0190. The van der Waals surface area contributed by atoms with E-state index >= 15 is 0 Å². The molecule has 0 N–H and O–H groups in total. The van der Waals surface area contributed by atoms with Crippen LogP contribution in [0.3, 0.4) is 0 Å². The second-order valence-corrected chi connectivity index (χ2v) is 7.87. The lowest BCUT2D eigenvalue weighted by atomic mass is 9.97. The third kappa shape index (κ3) is 2.91. The van der Waals surface area contributed by atoms with Gasteiger partial charge in [0.25, 0.3) is 0 Å². The van der Waals surface area contributed by atoms with Gasteiger partial charge in [-0.3, -0.25) is 0 Å². The van der Waals surface area contributed by atoms with Gasteiger partial charge in [-0.25, -0.2) is 5.01 Å². The highest BCUT2D eigenvalue weighted by molar-refractivity contribution is 7.98. The van der Waals surface area contributed by atoms with Gasteiger partial charge in [0.1, 0.15) is 17.2 Å². The van der Waals surface area contributed by atoms with E-state index < -0.39 is 0 Å². The Bertz CT molecular complexity index is 1000. The van der Waals surface area contributed by atoms with Gasteiger partial charge < -0.3 is 9.15 Å². The third-order valence-corrected chi connectivity index (χ3v) is 5.94. The number of hydrogen-bond acceptors (Lipinski definition) is 5. The standard InChI is InChI=1S/C21H17ClN2O2S/c1-27-15-7-4-13(5-8-15)21-24-18(12-17(23-24)20-3-2-10-25-20)16-11-14(22)6-9-19(16)26-21/h2-11,18,21H,12H2,1H3/t18-,21-/m0/s1. The van der Waals surface area contributed by atoms with Gasteiger partial charge >= 0.3 is 0 Å². The maximum atomic E-state index is 6.35. The van der Waals surface area contributed by atoms with Crippen molar-refractivity contribution in [3.05, 3.63) is 82.8 Å². The zero-order chi connectivity index (χ0) is 18.4. The summed E-state index contributed by atoms with van der Waals surface area (Å²) in [5, 5.41) is 7.60. The molecule has 27 heavy (non-hydrogen) atoms. The molecule has 0 bridgehead atoms. The van der Waals surface area contributed by atoms with E-state index in [1.165, 1.54) is 4.90 Å². The number of halogens is 1. The molecule has 4 nitrogen and oxygen atoms in total. The number of hydrogen-bond donors (Lipinski definition) is 0. The summed E-state index contributed by atoms with van der Waals surface area (Å²) in [5.74, 6) is 1.65. The maximum absolute atomic E-state index is 6.35. The molecule has 3 aromatic rings. The second-order valence-electron chi connectivity index (χ2n) is 6.55. The van der Waals surface area contributed by atoms with Crippen LogP contribution < -0.4 is 4.74 Å². The van der Waals surface area contributed by atoms with Crippen molar-refractivity contribution >= 4 is 29.1 Å². The van der Waals surface area contributed by atoms with E-state index in [-0.39, 0.29) is 12.3 Å². The molecule has 2 aliphatic rings. The molecule has 1 aromatic heterocycles. The Labute approximate surface area is 166 Å². The van der Waals surface area contributed by atoms with Gasteiger partial charge in [0.2, 0.25) is 6.23 Å². The van der Waals surface area contributed by atoms with Crippen molar-refractivity contribution in [1.29, 1.82) is 0 Å². The van der Waals surface area contributed by atoms with Gasteiger partial charge in [0, 0.05) is 27.5 Å². The van der Waals surface area contributed by atoms with E-state index in [1.54, 1.807) is 18.0 Å². The number of furan rings is 1. The first-order valence-corrected chi connectivity index (χ1v) is 10.3. The van der Waals surface area contributed by atoms with E-state index in [2.05, 4.69) is 30.5 Å². The van der Waals surface area contributed by atoms with Crippen LogP contribution in [0.5, 0.6) is 5.75 Å². The molecular formula is C21H17ClN2O2S. The number of nitrogens with zero attached hydrogens (tertiary/aromatic N) is 2. The fourth-order valence-electron chi connectivity index (χ4n) is 3.64. The van der Waals surface area contributed by atoms with Crippen molar-refractivity contribution in [1.82, 2.24) is 5.01 Å². The lowest BCUT2D eigenvalue weighted by Crippen LogP contribution is -2.33. The monoisotopic (exact) mass is 396 g/mol. The number of rotatable bonds is 3. The first kappa shape index (κ1) is 16.8. The summed E-state index contributed by atoms with van der Waals surface area (Å²) in [5.41, 5.74) is 3.06. The van der Waals surface area contributed by atoms with Gasteiger partial charge in [0.05, 0.1) is 12.3 Å². The lowest BCUT2D eigenvalue weighted by Gasteiger charge is -2.38. The fraction of sp³-hybridized carbons (Fsp3) is 0.190. The highest BCUT2D eigenvalue weighted by atomic mass is 35.5. The van der Waals surface area contributed by atoms with Crippen LogP contribution in [0.1, 0.15) is 35.6 Å². The van der Waals surface area contributed by atoms with Crippen LogP contribution in [0.2, 0.25) is 5.02 Å². The van der Waals surface area contributed by atoms with Crippen LogP contribution >= 0.6 is 23.4 Å². The molecule has 6 heteroatoms. The molecule has 0 unspecified atom stereocenters. The van der Waals surface area contributed by atoms with Crippen molar-refractivity contribution in [2.24, 2.45) is 5.10 Å². The summed E-state index contributed by atoms with van der Waals surface area (Å²) < 4.78 is 11.9. The van der Waals surface area contributed by atoms with Crippen LogP contribution in [0.25, 0.3) is 0 Å². The minimum absolute atomic E-state index is 0.0674. The van der Waals surface area contributed by atoms with Crippen molar-refractivity contribution in [3.63, 3.8) is 0 Å². The predicted octanol–water partition coefficient (Wildman–Crippen LogP) is 5.90. The molecule has 5 rings (SSSR count). The zero-order valence-corrected chi connectivity index (χ0v) is 16.2. The average Bonchev–Trinajstić information content (AvgIpc) is 3.37. The largest absolute Gasteiger partial charge is 0.464 e. The molecule has 2 atom stereocenters. The van der Waals surface area contributed by atoms with Crippen LogP contribution in [0.4, 0.5) is 0 Å². The molecule has 0 radical (unpaired) electrons. The van der Waals surface area contributed by atoms with Gasteiger partial charge in [0.15, 0.2) is 0 Å². The molecule has 0 saturated carbocycles. The molecule has 2 aliphatic heterocycles. The smallest absolute Gasteiger partial charge is 0.213 e. The van der Waals surface area contributed by atoms with Gasteiger partial charge in [-0.15, -0.1) is 11.8 Å². The highest BCUT2D eigenvalue weighted by Crippen LogP contribution is 2.48. The molecule has 0 spiro atoms. The predicted molar refractivity (Wildman–Crippen MR) is 107 cm³/mol. The maximum Gasteiger partial charge on any atom is 0.213 e. The number of hydrazone groups is 1. The minimum Gasteiger partial charge on any atom is -0.464 e. The Morgan fingerprint density at radius 1 is 1.15 bits per heavy atom. The molecule has 2 aromatic carbocycles. The summed E-state index contributed by atoms with van der Waals surface area (Å²) in [6.45, 7) is 0. The van der Waals surface area contributed by atoms with Crippen molar-refractivity contribution in [2.45, 2.75) is 23.6 Å². The number of thioether (sulfide) groups is 1. The number of fused-ring (bicyclic) bond motifs is 3. The van der Waals surface area contributed by atoms with Crippen molar-refractivity contribution < 1.29 is 9.15 Å². The van der Waals surface area contributed by atoms with E-state index in [9.17, 15) is 0 Å². The van der Waals surface area contributed by atoms with Crippen LogP contribution in [-0.2, 0) is 0 Å². The van der Waals surface area contributed by atoms with Gasteiger partial charge in [-0.1, -0.05) is 23.7 Å². The van der Waals surface area contributed by atoms with Crippen molar-refractivity contribution in [3.8, 4) is 5.75 Å². The molecule has 3 heterocycles. The minimum atomic E-state index is -0.285. The first-order valence-electron chi connectivity index (χ1n) is 8.72. The Hall–Kier alpha value is -2.37.